The van der Waals surface area contributed by atoms with E-state index in [0.717, 1.165) is 0 Å². The van der Waals surface area contributed by atoms with E-state index in [-0.39, 0.29) is 18.9 Å². The van der Waals surface area contributed by atoms with Gasteiger partial charge >= 0.3 is 11.9 Å². The van der Waals surface area contributed by atoms with Crippen LogP contribution in [0.1, 0.15) is 16.8 Å². The molecule has 0 saturated carbocycles. The largest absolute Gasteiger partial charge is 0.465 e. The second-order valence-corrected chi connectivity index (χ2v) is 6.99. The van der Waals surface area contributed by atoms with Gasteiger partial charge in [-0.15, -0.1) is 0 Å². The van der Waals surface area contributed by atoms with Gasteiger partial charge in [0.05, 0.1) is 29.3 Å². The van der Waals surface area contributed by atoms with Gasteiger partial charge in [0.15, 0.2) is 6.61 Å². The van der Waals surface area contributed by atoms with Gasteiger partial charge in [-0.05, 0) is 36.4 Å². The maximum absolute atomic E-state index is 12.3. The highest BCUT2D eigenvalue weighted by molar-refractivity contribution is 6.33. The standard InChI is InChI=1S/C21H19ClN2O6/c1-29-20(27)13-6-8-15(9-7-13)23-18(25)12-30-21(28)14-10-19(26)24(11-14)17-5-3-2-4-16(17)22/h2-9,14H,10-12H2,1H3,(H,23,25)/t14-/m1/s1. The lowest BCUT2D eigenvalue weighted by molar-refractivity contribution is -0.151. The lowest BCUT2D eigenvalue weighted by Crippen LogP contribution is -2.28. The van der Waals surface area contributed by atoms with Crippen molar-refractivity contribution in [1.29, 1.82) is 0 Å². The lowest BCUT2D eigenvalue weighted by Gasteiger charge is -2.17. The van der Waals surface area contributed by atoms with Crippen molar-refractivity contribution >= 4 is 46.7 Å². The number of amides is 2. The fourth-order valence-electron chi connectivity index (χ4n) is 3.03. The highest BCUT2D eigenvalue weighted by atomic mass is 35.5. The zero-order valence-electron chi connectivity index (χ0n) is 16.1. The molecule has 3 rings (SSSR count). The minimum Gasteiger partial charge on any atom is -0.465 e. The summed E-state index contributed by atoms with van der Waals surface area (Å²) in [6, 6.07) is 12.9. The molecule has 2 aromatic carbocycles. The Morgan fingerprint density at radius 3 is 2.50 bits per heavy atom. The molecule has 0 aromatic heterocycles. The number of rotatable bonds is 6. The molecule has 1 atom stereocenters. The van der Waals surface area contributed by atoms with Crippen LogP contribution in [0.25, 0.3) is 0 Å². The van der Waals surface area contributed by atoms with E-state index in [1.165, 1.54) is 36.3 Å². The van der Waals surface area contributed by atoms with E-state index in [0.29, 0.717) is 22.0 Å². The Balaban J connectivity index is 1.51. The number of hydrogen-bond acceptors (Lipinski definition) is 6. The summed E-state index contributed by atoms with van der Waals surface area (Å²) in [6.45, 7) is -0.355. The number of hydrogen-bond donors (Lipinski definition) is 1. The van der Waals surface area contributed by atoms with E-state index in [4.69, 9.17) is 16.3 Å². The Bertz CT molecular complexity index is 976. The number of esters is 2. The van der Waals surface area contributed by atoms with Crippen molar-refractivity contribution in [2.75, 3.05) is 30.5 Å². The quantitative estimate of drug-likeness (QED) is 0.707. The molecule has 0 aliphatic carbocycles. The molecule has 9 heteroatoms. The van der Waals surface area contributed by atoms with Crippen LogP contribution in [0.3, 0.4) is 0 Å². The molecule has 1 heterocycles. The van der Waals surface area contributed by atoms with Crippen molar-refractivity contribution in [3.05, 3.63) is 59.1 Å². The molecular formula is C21H19ClN2O6. The van der Waals surface area contributed by atoms with Gasteiger partial charge in [0.1, 0.15) is 0 Å². The Labute approximate surface area is 177 Å². The molecule has 0 unspecified atom stereocenters. The van der Waals surface area contributed by atoms with Gasteiger partial charge in [0, 0.05) is 18.7 Å². The van der Waals surface area contributed by atoms with E-state index >= 15 is 0 Å². The highest BCUT2D eigenvalue weighted by Gasteiger charge is 2.37. The maximum atomic E-state index is 12.3. The van der Waals surface area contributed by atoms with E-state index in [9.17, 15) is 19.2 Å². The summed E-state index contributed by atoms with van der Waals surface area (Å²) in [5, 5.41) is 2.97. The van der Waals surface area contributed by atoms with Gasteiger partial charge in [-0.1, -0.05) is 23.7 Å². The number of para-hydroxylation sites is 1. The third kappa shape index (κ3) is 4.96. The predicted molar refractivity (Wildman–Crippen MR) is 109 cm³/mol. The normalized spacial score (nSPS) is 15.6. The van der Waals surface area contributed by atoms with Crippen LogP contribution in [0.5, 0.6) is 0 Å². The van der Waals surface area contributed by atoms with Crippen molar-refractivity contribution < 1.29 is 28.7 Å². The van der Waals surface area contributed by atoms with E-state index in [1.807, 2.05) is 0 Å². The average Bonchev–Trinajstić information content (AvgIpc) is 3.14. The first-order chi connectivity index (χ1) is 14.4. The number of carbonyl (C=O) groups is 4. The van der Waals surface area contributed by atoms with Crippen molar-refractivity contribution in [2.45, 2.75) is 6.42 Å². The number of methoxy groups -OCH3 is 1. The third-order valence-electron chi connectivity index (χ3n) is 4.54. The topological polar surface area (TPSA) is 102 Å². The van der Waals surface area contributed by atoms with Gasteiger partial charge < -0.3 is 19.7 Å². The van der Waals surface area contributed by atoms with Crippen LogP contribution in [0, 0.1) is 5.92 Å². The Hall–Kier alpha value is -3.39. The van der Waals surface area contributed by atoms with Crippen LogP contribution in [-0.4, -0.2) is 44.0 Å². The second-order valence-electron chi connectivity index (χ2n) is 6.58. The van der Waals surface area contributed by atoms with Crippen LogP contribution < -0.4 is 10.2 Å². The summed E-state index contributed by atoms with van der Waals surface area (Å²) < 4.78 is 9.67. The summed E-state index contributed by atoms with van der Waals surface area (Å²) >= 11 is 6.12. The average molecular weight is 431 g/mol. The van der Waals surface area contributed by atoms with Crippen LogP contribution in [-0.2, 0) is 23.9 Å². The molecule has 0 spiro atoms. The number of nitrogens with one attached hydrogen (secondary N) is 1. The van der Waals surface area contributed by atoms with Crippen molar-refractivity contribution in [2.24, 2.45) is 5.92 Å². The Kier molecular flexibility index (Phi) is 6.68. The van der Waals surface area contributed by atoms with Crippen LogP contribution in [0.15, 0.2) is 48.5 Å². The number of anilines is 2. The Morgan fingerprint density at radius 2 is 1.83 bits per heavy atom. The zero-order valence-corrected chi connectivity index (χ0v) is 16.8. The number of ether oxygens (including phenoxy) is 2. The van der Waals surface area contributed by atoms with Gasteiger partial charge in [0.25, 0.3) is 5.91 Å². The number of halogens is 1. The molecular weight excluding hydrogens is 412 g/mol. The SMILES string of the molecule is COC(=O)c1ccc(NC(=O)COC(=O)[C@@H]2CC(=O)N(c3ccccc3Cl)C2)cc1. The summed E-state index contributed by atoms with van der Waals surface area (Å²) in [4.78, 5) is 49.4. The van der Waals surface area contributed by atoms with Crippen molar-refractivity contribution in [3.8, 4) is 0 Å². The highest BCUT2D eigenvalue weighted by Crippen LogP contribution is 2.31. The molecule has 156 valence electrons. The smallest absolute Gasteiger partial charge is 0.337 e. The molecule has 2 aromatic rings. The number of carbonyl (C=O) groups excluding carboxylic acids is 4. The minimum absolute atomic E-state index is 0.0132. The van der Waals surface area contributed by atoms with Crippen molar-refractivity contribution in [3.63, 3.8) is 0 Å². The summed E-state index contributed by atoms with van der Waals surface area (Å²) in [6.07, 6.45) is -0.0132. The third-order valence-corrected chi connectivity index (χ3v) is 4.86. The van der Waals surface area contributed by atoms with Crippen molar-refractivity contribution in [1.82, 2.24) is 0 Å². The number of nitrogens with zero attached hydrogens (tertiary/aromatic N) is 1. The summed E-state index contributed by atoms with van der Waals surface area (Å²) in [5.74, 6) is -2.57. The summed E-state index contributed by atoms with van der Waals surface area (Å²) in [7, 11) is 1.28. The second kappa shape index (κ2) is 9.41. The molecule has 30 heavy (non-hydrogen) atoms. The summed E-state index contributed by atoms with van der Waals surface area (Å²) in [5.41, 5.74) is 1.31. The zero-order chi connectivity index (χ0) is 21.7. The maximum Gasteiger partial charge on any atom is 0.337 e. The fourth-order valence-corrected chi connectivity index (χ4v) is 3.27. The first kappa shape index (κ1) is 21.3. The van der Waals surface area contributed by atoms with Gasteiger partial charge in [-0.3, -0.25) is 14.4 Å². The first-order valence-corrected chi connectivity index (χ1v) is 9.46. The van der Waals surface area contributed by atoms with Crippen LogP contribution >= 0.6 is 11.6 Å². The van der Waals surface area contributed by atoms with E-state index in [2.05, 4.69) is 10.1 Å². The molecule has 1 aliphatic rings. The van der Waals surface area contributed by atoms with E-state index < -0.39 is 30.4 Å². The van der Waals surface area contributed by atoms with Gasteiger partial charge in [0.2, 0.25) is 5.91 Å². The lowest BCUT2D eigenvalue weighted by atomic mass is 10.1. The fraction of sp³-hybridized carbons (Fsp3) is 0.238. The van der Waals surface area contributed by atoms with Gasteiger partial charge in [-0.25, -0.2) is 4.79 Å². The molecule has 1 saturated heterocycles. The Morgan fingerprint density at radius 1 is 1.13 bits per heavy atom. The van der Waals surface area contributed by atoms with Crippen LogP contribution in [0.4, 0.5) is 11.4 Å². The van der Waals surface area contributed by atoms with Crippen LogP contribution in [0.2, 0.25) is 5.02 Å². The molecule has 0 bridgehead atoms. The molecule has 8 nitrogen and oxygen atoms in total. The monoisotopic (exact) mass is 430 g/mol. The number of benzene rings is 2. The molecule has 0 radical (unpaired) electrons. The van der Waals surface area contributed by atoms with E-state index in [1.54, 1.807) is 24.3 Å². The molecule has 1 N–H and O–H groups in total. The molecule has 2 amide bonds. The van der Waals surface area contributed by atoms with Gasteiger partial charge in [-0.2, -0.15) is 0 Å². The molecule has 1 fully saturated rings. The first-order valence-electron chi connectivity index (χ1n) is 9.09. The predicted octanol–water partition coefficient (Wildman–Crippen LogP) is 2.66. The molecule has 1 aliphatic heterocycles. The minimum atomic E-state index is -0.680.